The molecule has 0 bridgehead atoms. The number of carbonyl (C=O) groups excluding carboxylic acids is 1. The first kappa shape index (κ1) is 13.6. The highest BCUT2D eigenvalue weighted by atomic mass is 16.5. The van der Waals surface area contributed by atoms with Gasteiger partial charge >= 0.3 is 0 Å². The van der Waals surface area contributed by atoms with Crippen LogP contribution in [-0.2, 0) is 9.53 Å². The van der Waals surface area contributed by atoms with Crippen LogP contribution < -0.4 is 0 Å². The van der Waals surface area contributed by atoms with E-state index >= 15 is 0 Å². The summed E-state index contributed by atoms with van der Waals surface area (Å²) in [6.45, 7) is 5.05. The maximum atomic E-state index is 11.9. The molecule has 1 spiro atoms. The molecule has 2 heterocycles. The van der Waals surface area contributed by atoms with Gasteiger partial charge in [-0.1, -0.05) is 19.8 Å². The van der Waals surface area contributed by atoms with E-state index < -0.39 is 0 Å². The molecule has 2 aliphatic heterocycles. The Hall–Kier alpha value is -0.410. The number of rotatable bonds is 2. The minimum absolute atomic E-state index is 0.200. The zero-order valence-corrected chi connectivity index (χ0v) is 12.2. The lowest BCUT2D eigenvalue weighted by atomic mass is 9.85. The van der Waals surface area contributed by atoms with Crippen LogP contribution in [0.4, 0.5) is 0 Å². The Balaban J connectivity index is 1.63. The van der Waals surface area contributed by atoms with Gasteiger partial charge in [0.25, 0.3) is 0 Å². The van der Waals surface area contributed by atoms with Crippen LogP contribution >= 0.6 is 0 Å². The summed E-state index contributed by atoms with van der Waals surface area (Å²) < 4.78 is 6.13. The Kier molecular flexibility index (Phi) is 3.95. The lowest BCUT2D eigenvalue weighted by Crippen LogP contribution is -2.52. The predicted molar refractivity (Wildman–Crippen MR) is 75.2 cm³/mol. The molecule has 1 saturated carbocycles. The summed E-state index contributed by atoms with van der Waals surface area (Å²) >= 11 is 0. The molecule has 0 N–H and O–H groups in total. The number of likely N-dealkylation sites (tertiary alicyclic amines) is 1. The Morgan fingerprint density at radius 1 is 1.37 bits per heavy atom. The van der Waals surface area contributed by atoms with Crippen LogP contribution in [0.2, 0.25) is 0 Å². The summed E-state index contributed by atoms with van der Waals surface area (Å²) in [7, 11) is 0. The van der Waals surface area contributed by atoms with E-state index in [0.29, 0.717) is 11.8 Å². The van der Waals surface area contributed by atoms with E-state index in [-0.39, 0.29) is 11.5 Å². The van der Waals surface area contributed by atoms with Crippen LogP contribution in [0.1, 0.15) is 58.3 Å². The fourth-order valence-electron chi connectivity index (χ4n) is 4.30. The van der Waals surface area contributed by atoms with Crippen LogP contribution in [0.15, 0.2) is 0 Å². The van der Waals surface area contributed by atoms with Crippen molar-refractivity contribution in [2.75, 3.05) is 19.7 Å². The molecule has 0 radical (unpaired) electrons. The van der Waals surface area contributed by atoms with Gasteiger partial charge in [-0.15, -0.1) is 0 Å². The minimum atomic E-state index is 0.200. The molecule has 0 aromatic carbocycles. The molecule has 2 atom stereocenters. The maximum Gasteiger partial charge on any atom is 0.138 e. The van der Waals surface area contributed by atoms with Crippen molar-refractivity contribution in [3.05, 3.63) is 0 Å². The van der Waals surface area contributed by atoms with E-state index in [4.69, 9.17) is 4.74 Å². The average Bonchev–Trinajstić information content (AvgIpc) is 2.87. The highest BCUT2D eigenvalue weighted by Crippen LogP contribution is 2.41. The number of hydrogen-bond donors (Lipinski definition) is 0. The maximum absolute atomic E-state index is 11.9. The zero-order valence-electron chi connectivity index (χ0n) is 12.2. The van der Waals surface area contributed by atoms with Crippen LogP contribution in [0, 0.1) is 5.92 Å². The SMILES string of the molecule is CCC1CN(C2CCOC3(CCCC3)C2)CCC1=O. The van der Waals surface area contributed by atoms with Gasteiger partial charge in [-0.25, -0.2) is 0 Å². The molecule has 0 amide bonds. The first-order chi connectivity index (χ1) is 9.22. The number of nitrogens with zero attached hydrogens (tertiary/aromatic N) is 1. The summed E-state index contributed by atoms with van der Waals surface area (Å²) in [6, 6.07) is 0.661. The molecule has 3 nitrogen and oxygen atoms in total. The molecule has 3 rings (SSSR count). The highest BCUT2D eigenvalue weighted by molar-refractivity contribution is 5.82. The molecular weight excluding hydrogens is 238 g/mol. The van der Waals surface area contributed by atoms with Gasteiger partial charge in [0.15, 0.2) is 0 Å². The monoisotopic (exact) mass is 265 g/mol. The third kappa shape index (κ3) is 2.73. The number of hydrogen-bond acceptors (Lipinski definition) is 3. The van der Waals surface area contributed by atoms with Crippen molar-refractivity contribution < 1.29 is 9.53 Å². The van der Waals surface area contributed by atoms with Gasteiger partial charge < -0.3 is 4.74 Å². The Labute approximate surface area is 116 Å². The molecular formula is C16H27NO2. The topological polar surface area (TPSA) is 29.5 Å². The van der Waals surface area contributed by atoms with Gasteiger partial charge in [-0.05, 0) is 32.1 Å². The Morgan fingerprint density at radius 2 is 2.16 bits per heavy atom. The standard InChI is InChI=1S/C16H27NO2/c1-2-13-12-17(9-5-15(13)18)14-6-10-19-16(11-14)7-3-4-8-16/h13-14H,2-12H2,1H3. The first-order valence-electron chi connectivity index (χ1n) is 8.13. The summed E-state index contributed by atoms with van der Waals surface area (Å²) in [4.78, 5) is 14.4. The lowest BCUT2D eigenvalue weighted by molar-refractivity contribution is -0.131. The second kappa shape index (κ2) is 5.53. The number of piperidine rings is 1. The fourth-order valence-corrected chi connectivity index (χ4v) is 4.30. The second-order valence-corrected chi connectivity index (χ2v) is 6.70. The molecule has 19 heavy (non-hydrogen) atoms. The molecule has 3 fully saturated rings. The molecule has 0 aromatic rings. The van der Waals surface area contributed by atoms with E-state index in [0.717, 1.165) is 39.0 Å². The van der Waals surface area contributed by atoms with Gasteiger partial charge in [0.05, 0.1) is 5.60 Å². The zero-order chi connectivity index (χ0) is 13.3. The molecule has 0 aromatic heterocycles. The summed E-state index contributed by atoms with van der Waals surface area (Å²) in [5, 5.41) is 0. The third-order valence-electron chi connectivity index (χ3n) is 5.55. The van der Waals surface area contributed by atoms with Crippen molar-refractivity contribution in [2.24, 2.45) is 5.92 Å². The summed E-state index contributed by atoms with van der Waals surface area (Å²) in [6.07, 6.45) is 9.32. The smallest absolute Gasteiger partial charge is 0.138 e. The normalized spacial score (nSPS) is 35.9. The Bertz CT molecular complexity index is 336. The number of ether oxygens (including phenoxy) is 1. The van der Waals surface area contributed by atoms with Crippen molar-refractivity contribution in [2.45, 2.75) is 69.9 Å². The lowest BCUT2D eigenvalue weighted by Gasteiger charge is -2.45. The molecule has 2 saturated heterocycles. The van der Waals surface area contributed by atoms with Gasteiger partial charge in [0.2, 0.25) is 0 Å². The highest BCUT2D eigenvalue weighted by Gasteiger charge is 2.42. The van der Waals surface area contributed by atoms with E-state index in [1.807, 2.05) is 0 Å². The largest absolute Gasteiger partial charge is 0.375 e. The van der Waals surface area contributed by atoms with Crippen molar-refractivity contribution in [1.82, 2.24) is 4.90 Å². The van der Waals surface area contributed by atoms with Crippen molar-refractivity contribution >= 4 is 5.78 Å². The van der Waals surface area contributed by atoms with Crippen molar-refractivity contribution in [1.29, 1.82) is 0 Å². The van der Waals surface area contributed by atoms with E-state index in [2.05, 4.69) is 11.8 Å². The molecule has 1 aliphatic carbocycles. The molecule has 3 heteroatoms. The molecule has 3 aliphatic rings. The van der Waals surface area contributed by atoms with Gasteiger partial charge in [0, 0.05) is 38.1 Å². The van der Waals surface area contributed by atoms with Crippen LogP contribution in [0.3, 0.4) is 0 Å². The van der Waals surface area contributed by atoms with Gasteiger partial charge in [0.1, 0.15) is 5.78 Å². The van der Waals surface area contributed by atoms with Crippen LogP contribution in [0.5, 0.6) is 0 Å². The van der Waals surface area contributed by atoms with Gasteiger partial charge in [-0.2, -0.15) is 0 Å². The van der Waals surface area contributed by atoms with Crippen LogP contribution in [0.25, 0.3) is 0 Å². The van der Waals surface area contributed by atoms with E-state index in [1.165, 1.54) is 32.1 Å². The summed E-state index contributed by atoms with van der Waals surface area (Å²) in [5.41, 5.74) is 0.200. The van der Waals surface area contributed by atoms with E-state index in [9.17, 15) is 4.79 Å². The average molecular weight is 265 g/mol. The first-order valence-corrected chi connectivity index (χ1v) is 8.13. The van der Waals surface area contributed by atoms with E-state index in [1.54, 1.807) is 0 Å². The molecule has 108 valence electrons. The van der Waals surface area contributed by atoms with Gasteiger partial charge in [-0.3, -0.25) is 9.69 Å². The second-order valence-electron chi connectivity index (χ2n) is 6.70. The fraction of sp³-hybridized carbons (Fsp3) is 0.938. The predicted octanol–water partition coefficient (Wildman–Crippen LogP) is 2.78. The van der Waals surface area contributed by atoms with Crippen molar-refractivity contribution in [3.63, 3.8) is 0 Å². The number of carbonyl (C=O) groups is 1. The molecule has 2 unspecified atom stereocenters. The number of ketones is 1. The minimum Gasteiger partial charge on any atom is -0.375 e. The summed E-state index contributed by atoms with van der Waals surface area (Å²) in [5.74, 6) is 0.775. The quantitative estimate of drug-likeness (QED) is 0.769. The van der Waals surface area contributed by atoms with Crippen molar-refractivity contribution in [3.8, 4) is 0 Å². The number of Topliss-reactive ketones (excluding diaryl/α,β-unsaturated/α-hetero) is 1. The third-order valence-corrected chi connectivity index (χ3v) is 5.55. The Morgan fingerprint density at radius 3 is 2.89 bits per heavy atom. The van der Waals surface area contributed by atoms with Crippen LogP contribution in [-0.4, -0.2) is 42.0 Å².